The van der Waals surface area contributed by atoms with Crippen molar-refractivity contribution in [1.82, 2.24) is 0 Å². The maximum atomic E-state index is 10.3. The van der Waals surface area contributed by atoms with Crippen LogP contribution in [0.2, 0.25) is 0 Å². The summed E-state index contributed by atoms with van der Waals surface area (Å²) in [5.41, 5.74) is 22.8. The predicted octanol–water partition coefficient (Wildman–Crippen LogP) is -2.69. The molecule has 0 aromatic heterocycles. The van der Waals surface area contributed by atoms with Crippen LogP contribution in [0.5, 0.6) is 0 Å². The average molecular weight is 723 g/mol. The van der Waals surface area contributed by atoms with Gasteiger partial charge in [0, 0.05) is 22.7 Å². The molecule has 0 aliphatic rings. The second-order valence-corrected chi connectivity index (χ2v) is 13.6. The Hall–Kier alpha value is -3.15. The van der Waals surface area contributed by atoms with Crippen molar-refractivity contribution in [2.24, 2.45) is 0 Å². The van der Waals surface area contributed by atoms with Crippen molar-refractivity contribution in [3.63, 3.8) is 0 Å². The Balaban J connectivity index is 0. The summed E-state index contributed by atoms with van der Waals surface area (Å²) in [6.45, 7) is 0. The molecule has 0 atom stereocenters. The van der Waals surface area contributed by atoms with Crippen LogP contribution in [0.4, 0.5) is 22.7 Å². The maximum absolute atomic E-state index is 10.3. The van der Waals surface area contributed by atoms with Crippen LogP contribution in [0, 0.1) is 0 Å². The second kappa shape index (κ2) is 18.9. The molecule has 240 valence electrons. The van der Waals surface area contributed by atoms with Gasteiger partial charge in [-0.2, -0.15) is 0 Å². The van der Waals surface area contributed by atoms with E-state index in [2.05, 4.69) is 0 Å². The van der Waals surface area contributed by atoms with E-state index >= 15 is 0 Å². The molecule has 0 spiro atoms. The summed E-state index contributed by atoms with van der Waals surface area (Å²) < 4.78 is 124. The first-order valence-electron chi connectivity index (χ1n) is 11.3. The van der Waals surface area contributed by atoms with Gasteiger partial charge in [-0.3, -0.25) is 0 Å². The standard InChI is InChI=1S/4C6H7NO3S.Al.Li/c4*7-5-1-3-6(4-2-5)11(8,9)10;;/h4*1-4H,7H2,(H,8,9,10);;/q;;;;+3;+1/p-4. The van der Waals surface area contributed by atoms with Gasteiger partial charge >= 0.3 is 36.2 Å². The minimum atomic E-state index is -4.33. The monoisotopic (exact) mass is 722 g/mol. The summed E-state index contributed by atoms with van der Waals surface area (Å²) in [4.78, 5) is -1.03. The Bertz CT molecular complexity index is 1670. The van der Waals surface area contributed by atoms with Crippen LogP contribution in [-0.4, -0.2) is 69.2 Å². The fourth-order valence-corrected chi connectivity index (χ4v) is 4.42. The van der Waals surface area contributed by atoms with Crippen molar-refractivity contribution in [2.45, 2.75) is 19.6 Å². The van der Waals surface area contributed by atoms with Crippen molar-refractivity contribution >= 4 is 80.6 Å². The Morgan fingerprint density at radius 2 is 0.435 bits per heavy atom. The number of benzene rings is 4. The zero-order valence-electron chi connectivity index (χ0n) is 23.7. The zero-order chi connectivity index (χ0) is 33.9. The molecule has 0 unspecified atom stereocenters. The smallest absolute Gasteiger partial charge is 0.744 e. The molecular weight excluding hydrogens is 698 g/mol. The van der Waals surface area contributed by atoms with E-state index in [4.69, 9.17) is 22.9 Å². The van der Waals surface area contributed by atoms with Crippen molar-refractivity contribution in [3.05, 3.63) is 97.1 Å². The molecule has 0 bridgehead atoms. The topological polar surface area (TPSA) is 333 Å². The molecule has 0 aliphatic carbocycles. The van der Waals surface area contributed by atoms with E-state index in [9.17, 15) is 51.9 Å². The fraction of sp³-hybridized carbons (Fsp3) is 0. The number of hydrogen-bond donors (Lipinski definition) is 4. The molecule has 46 heavy (non-hydrogen) atoms. The molecule has 0 radical (unpaired) electrons. The van der Waals surface area contributed by atoms with Gasteiger partial charge < -0.3 is 41.1 Å². The first-order chi connectivity index (χ1) is 20.0. The summed E-state index contributed by atoms with van der Waals surface area (Å²) in [6.07, 6.45) is 0. The molecule has 4 aromatic rings. The van der Waals surface area contributed by atoms with Gasteiger partial charge in [-0.05, 0) is 97.1 Å². The summed E-state index contributed by atoms with van der Waals surface area (Å²) in [6, 6.07) is 20.4. The van der Waals surface area contributed by atoms with Gasteiger partial charge in [0.25, 0.3) is 0 Å². The van der Waals surface area contributed by atoms with Gasteiger partial charge in [0.15, 0.2) is 0 Å². The van der Waals surface area contributed by atoms with Crippen LogP contribution in [0.3, 0.4) is 0 Å². The first kappa shape index (κ1) is 45.0. The van der Waals surface area contributed by atoms with Gasteiger partial charge in [-0.25, -0.2) is 33.7 Å². The van der Waals surface area contributed by atoms with Gasteiger partial charge in [0.2, 0.25) is 0 Å². The Labute approximate surface area is 289 Å². The van der Waals surface area contributed by atoms with Crippen molar-refractivity contribution in [3.8, 4) is 0 Å². The molecule has 0 amide bonds. The number of nitrogens with two attached hydrogens (primary N) is 4. The molecule has 22 heteroatoms. The van der Waals surface area contributed by atoms with Crippen LogP contribution >= 0.6 is 0 Å². The number of rotatable bonds is 4. The van der Waals surface area contributed by atoms with E-state index in [1.807, 2.05) is 0 Å². The first-order valence-corrected chi connectivity index (χ1v) is 16.9. The van der Waals surface area contributed by atoms with E-state index < -0.39 is 40.5 Å². The third-order valence-electron chi connectivity index (χ3n) is 4.68. The molecule has 4 rings (SSSR count). The van der Waals surface area contributed by atoms with E-state index in [0.29, 0.717) is 22.7 Å². The van der Waals surface area contributed by atoms with Crippen LogP contribution in [0.25, 0.3) is 0 Å². The number of hydrogen-bond acceptors (Lipinski definition) is 16. The Morgan fingerprint density at radius 1 is 0.326 bits per heavy atom. The predicted molar refractivity (Wildman–Crippen MR) is 161 cm³/mol. The van der Waals surface area contributed by atoms with Crippen molar-refractivity contribution < 1.29 is 70.7 Å². The summed E-state index contributed by atoms with van der Waals surface area (Å²) in [5, 5.41) is 0. The molecule has 16 nitrogen and oxygen atoms in total. The Kier molecular flexibility index (Phi) is 18.4. The van der Waals surface area contributed by atoms with Gasteiger partial charge in [-0.15, -0.1) is 0 Å². The number of anilines is 4. The Morgan fingerprint density at radius 3 is 0.522 bits per heavy atom. The van der Waals surface area contributed by atoms with Crippen LogP contribution in [0.1, 0.15) is 0 Å². The molecule has 0 aliphatic heterocycles. The van der Waals surface area contributed by atoms with Gasteiger partial charge in [0.1, 0.15) is 40.5 Å². The third kappa shape index (κ3) is 17.5. The van der Waals surface area contributed by atoms with E-state index in [1.165, 1.54) is 97.1 Å². The third-order valence-corrected chi connectivity index (χ3v) is 8.07. The average Bonchev–Trinajstić information content (AvgIpc) is 2.89. The molecule has 4 aromatic carbocycles. The summed E-state index contributed by atoms with van der Waals surface area (Å²) in [7, 11) is -17.3. The molecule has 0 heterocycles. The zero-order valence-corrected chi connectivity index (χ0v) is 28.1. The summed E-state index contributed by atoms with van der Waals surface area (Å²) >= 11 is 0. The largest absolute Gasteiger partial charge is 3.00 e. The minimum Gasteiger partial charge on any atom is -0.744 e. The molecule has 8 N–H and O–H groups in total. The summed E-state index contributed by atoms with van der Waals surface area (Å²) in [5.74, 6) is 0. The minimum absolute atomic E-state index is 0. The van der Waals surface area contributed by atoms with Crippen molar-refractivity contribution in [2.75, 3.05) is 22.9 Å². The van der Waals surface area contributed by atoms with E-state index in [1.54, 1.807) is 0 Å². The fourth-order valence-electron chi connectivity index (χ4n) is 2.54. The second-order valence-electron chi connectivity index (χ2n) is 8.09. The van der Waals surface area contributed by atoms with Gasteiger partial charge in [-0.1, -0.05) is 0 Å². The van der Waals surface area contributed by atoms with Crippen LogP contribution < -0.4 is 41.8 Å². The molecule has 0 fully saturated rings. The normalized spacial score (nSPS) is 10.9. The van der Waals surface area contributed by atoms with Gasteiger partial charge in [0.05, 0.1) is 19.6 Å². The molecular formula is C24H24AlLiN4O12S4. The van der Waals surface area contributed by atoms with Crippen molar-refractivity contribution in [1.29, 1.82) is 0 Å². The maximum Gasteiger partial charge on any atom is 3.00 e. The molecule has 0 saturated carbocycles. The SMILES string of the molecule is Nc1ccc(S(=O)(=O)[O-])cc1.Nc1ccc(S(=O)(=O)[O-])cc1.Nc1ccc(S(=O)(=O)[O-])cc1.Nc1ccc(S(=O)(=O)[O-])cc1.[Al+3].[Li+]. The number of nitrogen functional groups attached to an aromatic ring is 4. The van der Waals surface area contributed by atoms with Crippen LogP contribution in [-0.2, 0) is 40.5 Å². The van der Waals surface area contributed by atoms with E-state index in [0.717, 1.165) is 0 Å². The molecule has 0 saturated heterocycles. The van der Waals surface area contributed by atoms with Crippen LogP contribution in [0.15, 0.2) is 117 Å². The van der Waals surface area contributed by atoms with E-state index in [-0.39, 0.29) is 55.8 Å². The quantitative estimate of drug-likeness (QED) is 0.0946.